The van der Waals surface area contributed by atoms with Gasteiger partial charge in [-0.2, -0.15) is 0 Å². The number of halogens is 1. The van der Waals surface area contributed by atoms with Gasteiger partial charge in [0.2, 0.25) is 5.91 Å². The molecule has 1 aromatic rings. The minimum atomic E-state index is -0.378. The summed E-state index contributed by atoms with van der Waals surface area (Å²) in [4.78, 5) is 29.5. The minimum Gasteiger partial charge on any atom is -0.357 e. The number of carbonyl (C=O) groups excluding carboxylic acids is 1. The molecule has 8 nitrogen and oxygen atoms in total. The van der Waals surface area contributed by atoms with Crippen LogP contribution in [0.1, 0.15) is 51.0 Å². The van der Waals surface area contributed by atoms with Crippen molar-refractivity contribution in [2.24, 2.45) is 10.4 Å². The number of non-ortho nitro benzene ring substituents is 1. The molecule has 0 heterocycles. The molecule has 0 aliphatic heterocycles. The van der Waals surface area contributed by atoms with Crippen molar-refractivity contribution in [2.45, 2.75) is 51.9 Å². The number of nitrogens with zero attached hydrogens (tertiary/aromatic N) is 3. The predicted molar refractivity (Wildman–Crippen MR) is 135 cm³/mol. The summed E-state index contributed by atoms with van der Waals surface area (Å²) in [5, 5.41) is 17.3. The van der Waals surface area contributed by atoms with E-state index in [1.165, 1.54) is 0 Å². The van der Waals surface area contributed by atoms with Gasteiger partial charge in [0.05, 0.1) is 16.9 Å². The van der Waals surface area contributed by atoms with E-state index < -0.39 is 0 Å². The molecule has 1 saturated carbocycles. The number of hydrogen-bond donors (Lipinski definition) is 2. The van der Waals surface area contributed by atoms with Crippen molar-refractivity contribution in [1.29, 1.82) is 0 Å². The molecular weight excluding hydrogens is 509 g/mol. The lowest BCUT2D eigenvalue weighted by atomic mass is 9.85. The van der Waals surface area contributed by atoms with E-state index in [4.69, 9.17) is 4.99 Å². The van der Waals surface area contributed by atoms with Crippen molar-refractivity contribution >= 4 is 41.5 Å². The number of carbonyl (C=O) groups is 1. The molecule has 0 saturated heterocycles. The average Bonchev–Trinajstić information content (AvgIpc) is 3.21. The molecule has 9 heteroatoms. The smallest absolute Gasteiger partial charge is 0.269 e. The van der Waals surface area contributed by atoms with Crippen molar-refractivity contribution in [3.05, 3.63) is 39.9 Å². The molecule has 2 N–H and O–H groups in total. The number of amides is 1. The Balaban J connectivity index is 0.00000480. The molecule has 0 unspecified atom stereocenters. The van der Waals surface area contributed by atoms with Crippen LogP contribution >= 0.6 is 24.0 Å². The summed E-state index contributed by atoms with van der Waals surface area (Å²) >= 11 is 0. The molecule has 1 aliphatic carbocycles. The lowest BCUT2D eigenvalue weighted by molar-refractivity contribution is -0.384. The fourth-order valence-corrected chi connectivity index (χ4v) is 3.98. The number of unbranched alkanes of at least 4 members (excludes halogenated alkanes) is 1. The molecule has 0 bridgehead atoms. The van der Waals surface area contributed by atoms with Gasteiger partial charge in [-0.3, -0.25) is 19.9 Å². The molecule has 0 spiro atoms. The number of nitro benzene ring substituents is 1. The highest BCUT2D eigenvalue weighted by Crippen LogP contribution is 2.39. The second-order valence-electron chi connectivity index (χ2n) is 8.19. The zero-order valence-corrected chi connectivity index (χ0v) is 21.2. The van der Waals surface area contributed by atoms with E-state index in [1.54, 1.807) is 17.0 Å². The molecule has 0 radical (unpaired) electrons. The number of benzene rings is 1. The second kappa shape index (κ2) is 13.5. The normalized spacial score (nSPS) is 15.1. The van der Waals surface area contributed by atoms with E-state index in [0.717, 1.165) is 69.6 Å². The Morgan fingerprint density at radius 3 is 2.35 bits per heavy atom. The van der Waals surface area contributed by atoms with Gasteiger partial charge >= 0.3 is 0 Å². The molecule has 0 aromatic heterocycles. The van der Waals surface area contributed by atoms with Crippen LogP contribution in [0.2, 0.25) is 0 Å². The van der Waals surface area contributed by atoms with Gasteiger partial charge in [0, 0.05) is 39.3 Å². The fourth-order valence-electron chi connectivity index (χ4n) is 3.98. The summed E-state index contributed by atoms with van der Waals surface area (Å²) in [6.07, 6.45) is 6.80. The third-order valence-corrected chi connectivity index (χ3v) is 5.64. The number of aliphatic imine (C=N–C) groups is 1. The lowest BCUT2D eigenvalue weighted by Gasteiger charge is -2.29. The van der Waals surface area contributed by atoms with Crippen LogP contribution in [0.4, 0.5) is 5.69 Å². The number of rotatable bonds is 10. The van der Waals surface area contributed by atoms with Crippen LogP contribution in [-0.4, -0.2) is 55.4 Å². The molecule has 1 fully saturated rings. The van der Waals surface area contributed by atoms with E-state index in [0.29, 0.717) is 6.54 Å². The monoisotopic (exact) mass is 545 g/mol. The summed E-state index contributed by atoms with van der Waals surface area (Å²) in [6.45, 7) is 4.10. The van der Waals surface area contributed by atoms with Gasteiger partial charge in [0.25, 0.3) is 5.69 Å². The first-order chi connectivity index (χ1) is 14.4. The Kier molecular flexibility index (Phi) is 11.8. The van der Waals surface area contributed by atoms with Crippen molar-refractivity contribution in [1.82, 2.24) is 15.5 Å². The molecule has 0 atom stereocenters. The van der Waals surface area contributed by atoms with Crippen molar-refractivity contribution in [2.75, 3.05) is 33.7 Å². The Labute approximate surface area is 202 Å². The standard InChI is InChI=1S/C22H35N5O3.HI/c1-4-23-21(25-17-22(14-6-7-15-22)20(28)26(2)3)24-16-8-5-9-18-10-12-19(13-11-18)27(29)30;/h10-13H,4-9,14-17H2,1-3H3,(H2,23,24,25);1H. The van der Waals surface area contributed by atoms with E-state index in [1.807, 2.05) is 33.2 Å². The SMILES string of the molecule is CCNC(=NCC1(C(=O)N(C)C)CCCC1)NCCCCc1ccc([N+](=O)[O-])cc1.I. The number of hydrogen-bond acceptors (Lipinski definition) is 4. The van der Waals surface area contributed by atoms with Gasteiger partial charge in [0.15, 0.2) is 5.96 Å². The number of guanidine groups is 1. The second-order valence-corrected chi connectivity index (χ2v) is 8.19. The molecule has 1 aliphatic rings. The van der Waals surface area contributed by atoms with Crippen LogP contribution in [0.15, 0.2) is 29.3 Å². The molecule has 174 valence electrons. The van der Waals surface area contributed by atoms with Crippen LogP contribution in [0, 0.1) is 15.5 Å². The van der Waals surface area contributed by atoms with E-state index in [2.05, 4.69) is 10.6 Å². The lowest BCUT2D eigenvalue weighted by Crippen LogP contribution is -2.43. The highest BCUT2D eigenvalue weighted by Gasteiger charge is 2.42. The molecule has 1 aromatic carbocycles. The Hall–Kier alpha value is -1.91. The summed E-state index contributed by atoms with van der Waals surface area (Å²) < 4.78 is 0. The maximum atomic E-state index is 12.7. The number of nitro groups is 1. The maximum absolute atomic E-state index is 12.7. The van der Waals surface area contributed by atoms with E-state index in [-0.39, 0.29) is 45.9 Å². The third kappa shape index (κ3) is 8.27. The Morgan fingerprint density at radius 1 is 1.16 bits per heavy atom. The first kappa shape index (κ1) is 27.1. The summed E-state index contributed by atoms with van der Waals surface area (Å²) in [6, 6.07) is 6.74. The van der Waals surface area contributed by atoms with Gasteiger partial charge in [-0.1, -0.05) is 25.0 Å². The minimum absolute atomic E-state index is 0. The third-order valence-electron chi connectivity index (χ3n) is 5.64. The van der Waals surface area contributed by atoms with Crippen molar-refractivity contribution < 1.29 is 9.72 Å². The largest absolute Gasteiger partial charge is 0.357 e. The summed E-state index contributed by atoms with van der Waals surface area (Å²) in [7, 11) is 3.64. The number of nitrogens with one attached hydrogen (secondary N) is 2. The Morgan fingerprint density at radius 2 is 1.81 bits per heavy atom. The van der Waals surface area contributed by atoms with Crippen LogP contribution in [0.25, 0.3) is 0 Å². The fraction of sp³-hybridized carbons (Fsp3) is 0.636. The van der Waals surface area contributed by atoms with Crippen LogP contribution in [0.3, 0.4) is 0 Å². The summed E-state index contributed by atoms with van der Waals surface area (Å²) in [5.74, 6) is 0.938. The van der Waals surface area contributed by atoms with Gasteiger partial charge < -0.3 is 15.5 Å². The number of aryl methyl sites for hydroxylation is 1. The van der Waals surface area contributed by atoms with Crippen LogP contribution < -0.4 is 10.6 Å². The van der Waals surface area contributed by atoms with Gasteiger partial charge in [-0.25, -0.2) is 0 Å². The van der Waals surface area contributed by atoms with Crippen molar-refractivity contribution in [3.63, 3.8) is 0 Å². The highest BCUT2D eigenvalue weighted by molar-refractivity contribution is 14.0. The molecule has 31 heavy (non-hydrogen) atoms. The molecule has 1 amide bonds. The maximum Gasteiger partial charge on any atom is 0.269 e. The van der Waals surface area contributed by atoms with E-state index in [9.17, 15) is 14.9 Å². The first-order valence-corrected chi connectivity index (χ1v) is 10.9. The van der Waals surface area contributed by atoms with E-state index >= 15 is 0 Å². The topological polar surface area (TPSA) is 99.9 Å². The first-order valence-electron chi connectivity index (χ1n) is 10.9. The van der Waals surface area contributed by atoms with Gasteiger partial charge in [0.1, 0.15) is 0 Å². The Bertz CT molecular complexity index is 731. The van der Waals surface area contributed by atoms with Crippen molar-refractivity contribution in [3.8, 4) is 0 Å². The zero-order valence-electron chi connectivity index (χ0n) is 18.9. The average molecular weight is 545 g/mol. The van der Waals surface area contributed by atoms with Gasteiger partial charge in [-0.15, -0.1) is 24.0 Å². The van der Waals surface area contributed by atoms with Gasteiger partial charge in [-0.05, 0) is 44.6 Å². The molecular formula is C22H36IN5O3. The molecule has 2 rings (SSSR count). The quantitative estimate of drug-likeness (QED) is 0.117. The van der Waals surface area contributed by atoms with Crippen LogP contribution in [-0.2, 0) is 11.2 Å². The predicted octanol–water partition coefficient (Wildman–Crippen LogP) is 3.74. The zero-order chi connectivity index (χ0) is 22.0. The highest BCUT2D eigenvalue weighted by atomic mass is 127. The van der Waals surface area contributed by atoms with Crippen LogP contribution in [0.5, 0.6) is 0 Å². The summed E-state index contributed by atoms with van der Waals surface area (Å²) in [5.41, 5.74) is 0.869.